The highest BCUT2D eigenvalue weighted by Gasteiger charge is 2.24. The zero-order valence-electron chi connectivity index (χ0n) is 10.8. The molecule has 0 bridgehead atoms. The van der Waals surface area contributed by atoms with Gasteiger partial charge in [-0.3, -0.25) is 4.90 Å². The van der Waals surface area contributed by atoms with Crippen molar-refractivity contribution in [1.82, 2.24) is 15.2 Å². The van der Waals surface area contributed by atoms with Crippen LogP contribution < -0.4 is 5.32 Å². The van der Waals surface area contributed by atoms with Gasteiger partial charge in [-0.25, -0.2) is 0 Å². The van der Waals surface area contributed by atoms with Crippen molar-refractivity contribution in [2.45, 2.75) is 13.0 Å². The molecule has 1 aliphatic heterocycles. The fourth-order valence-electron chi connectivity index (χ4n) is 2.88. The number of aromatic amines is 1. The molecule has 1 aromatic carbocycles. The highest BCUT2D eigenvalue weighted by molar-refractivity contribution is 6.31. The predicted octanol–water partition coefficient (Wildman–Crippen LogP) is 2.71. The molecule has 3 rings (SSSR count). The maximum absolute atomic E-state index is 6.05. The summed E-state index contributed by atoms with van der Waals surface area (Å²) >= 11 is 6.05. The highest BCUT2D eigenvalue weighted by atomic mass is 35.5. The number of rotatable bonds is 1. The third kappa shape index (κ3) is 1.92. The molecule has 0 amide bonds. The van der Waals surface area contributed by atoms with Crippen LogP contribution in [0.4, 0.5) is 0 Å². The zero-order chi connectivity index (χ0) is 12.7. The van der Waals surface area contributed by atoms with Gasteiger partial charge in [0.15, 0.2) is 0 Å². The number of aromatic nitrogens is 1. The van der Waals surface area contributed by atoms with E-state index in [2.05, 4.69) is 35.2 Å². The summed E-state index contributed by atoms with van der Waals surface area (Å²) in [7, 11) is 2.19. The van der Waals surface area contributed by atoms with Crippen LogP contribution in [0.1, 0.15) is 17.3 Å². The quantitative estimate of drug-likeness (QED) is 0.829. The van der Waals surface area contributed by atoms with Gasteiger partial charge < -0.3 is 10.3 Å². The second kappa shape index (κ2) is 4.57. The third-order valence-electron chi connectivity index (χ3n) is 3.84. The van der Waals surface area contributed by atoms with Gasteiger partial charge >= 0.3 is 0 Å². The van der Waals surface area contributed by atoms with Crippen molar-refractivity contribution in [3.63, 3.8) is 0 Å². The third-order valence-corrected chi connectivity index (χ3v) is 4.08. The first-order chi connectivity index (χ1) is 8.66. The molecule has 1 unspecified atom stereocenters. The Labute approximate surface area is 112 Å². The Morgan fingerprint density at radius 1 is 1.39 bits per heavy atom. The molecule has 1 fully saturated rings. The summed E-state index contributed by atoms with van der Waals surface area (Å²) < 4.78 is 0. The lowest BCUT2D eigenvalue weighted by Gasteiger charge is -2.33. The molecule has 18 heavy (non-hydrogen) atoms. The average Bonchev–Trinajstić information content (AvgIpc) is 2.65. The number of nitrogens with one attached hydrogen (secondary N) is 2. The smallest absolute Gasteiger partial charge is 0.0494 e. The fourth-order valence-corrected chi connectivity index (χ4v) is 3.06. The predicted molar refractivity (Wildman–Crippen MR) is 76.3 cm³/mol. The SMILES string of the molecule is Cc1[nH]c2cc(Cl)ccc2c1C1CNCCN1C. The van der Waals surface area contributed by atoms with E-state index in [4.69, 9.17) is 11.6 Å². The van der Waals surface area contributed by atoms with Crippen LogP contribution in [0.5, 0.6) is 0 Å². The molecule has 0 radical (unpaired) electrons. The summed E-state index contributed by atoms with van der Waals surface area (Å²) in [5.41, 5.74) is 3.78. The van der Waals surface area contributed by atoms with Gasteiger partial charge in [0.2, 0.25) is 0 Å². The number of nitrogens with zero attached hydrogens (tertiary/aromatic N) is 1. The Hall–Kier alpha value is -1.03. The number of piperazine rings is 1. The van der Waals surface area contributed by atoms with E-state index in [1.807, 2.05) is 12.1 Å². The summed E-state index contributed by atoms with van der Waals surface area (Å²) in [6.45, 7) is 5.31. The fraction of sp³-hybridized carbons (Fsp3) is 0.429. The van der Waals surface area contributed by atoms with Gasteiger partial charge in [-0.05, 0) is 31.7 Å². The molecule has 3 nitrogen and oxygen atoms in total. The molecule has 1 saturated heterocycles. The first kappa shape index (κ1) is 12.0. The maximum Gasteiger partial charge on any atom is 0.0494 e. The normalized spacial score (nSPS) is 21.6. The molecular weight excluding hydrogens is 246 g/mol. The molecule has 1 atom stereocenters. The first-order valence-corrected chi connectivity index (χ1v) is 6.73. The molecule has 2 N–H and O–H groups in total. The summed E-state index contributed by atoms with van der Waals surface area (Å²) in [6.07, 6.45) is 0. The van der Waals surface area contributed by atoms with Crippen molar-refractivity contribution in [3.05, 3.63) is 34.5 Å². The number of H-pyrrole nitrogens is 1. The van der Waals surface area contributed by atoms with E-state index in [1.165, 1.54) is 16.6 Å². The van der Waals surface area contributed by atoms with Crippen LogP contribution in [0.15, 0.2) is 18.2 Å². The van der Waals surface area contributed by atoms with Gasteiger partial charge in [-0.1, -0.05) is 17.7 Å². The lowest BCUT2D eigenvalue weighted by atomic mass is 10.0. The Balaban J connectivity index is 2.12. The van der Waals surface area contributed by atoms with E-state index in [1.54, 1.807) is 0 Å². The molecule has 0 aliphatic carbocycles. The number of hydrogen-bond acceptors (Lipinski definition) is 2. The van der Waals surface area contributed by atoms with Crippen LogP contribution in [-0.2, 0) is 0 Å². The van der Waals surface area contributed by atoms with E-state index in [0.29, 0.717) is 6.04 Å². The molecular formula is C14H18ClN3. The van der Waals surface area contributed by atoms with Gasteiger partial charge in [-0.2, -0.15) is 0 Å². The van der Waals surface area contributed by atoms with Crippen molar-refractivity contribution in [3.8, 4) is 0 Å². The Bertz CT molecular complexity index is 576. The number of fused-ring (bicyclic) bond motifs is 1. The summed E-state index contributed by atoms with van der Waals surface area (Å²) in [6, 6.07) is 6.54. The molecule has 1 aromatic heterocycles. The standard InChI is InChI=1S/C14H18ClN3/c1-9-14(13-8-16-5-6-18(13)2)11-4-3-10(15)7-12(11)17-9/h3-4,7,13,16-17H,5-6,8H2,1-2H3. The number of likely N-dealkylation sites (N-methyl/N-ethyl adjacent to an activating group) is 1. The number of hydrogen-bond donors (Lipinski definition) is 2. The van der Waals surface area contributed by atoms with Crippen LogP contribution in [0, 0.1) is 6.92 Å². The minimum absolute atomic E-state index is 0.439. The number of halogens is 1. The van der Waals surface area contributed by atoms with Crippen molar-refractivity contribution in [2.75, 3.05) is 26.7 Å². The van der Waals surface area contributed by atoms with Crippen molar-refractivity contribution >= 4 is 22.5 Å². The molecule has 0 saturated carbocycles. The van der Waals surface area contributed by atoms with Crippen molar-refractivity contribution in [1.29, 1.82) is 0 Å². The van der Waals surface area contributed by atoms with Gasteiger partial charge in [0.05, 0.1) is 0 Å². The summed E-state index contributed by atoms with van der Waals surface area (Å²) in [5, 5.41) is 5.55. The second-order valence-corrected chi connectivity index (χ2v) is 5.49. The van der Waals surface area contributed by atoms with Crippen molar-refractivity contribution < 1.29 is 0 Å². The van der Waals surface area contributed by atoms with E-state index < -0.39 is 0 Å². The van der Waals surface area contributed by atoms with Crippen molar-refractivity contribution in [2.24, 2.45) is 0 Å². The van der Waals surface area contributed by atoms with E-state index in [-0.39, 0.29) is 0 Å². The number of aryl methyl sites for hydroxylation is 1. The maximum atomic E-state index is 6.05. The van der Waals surface area contributed by atoms with Gasteiger partial charge in [0.1, 0.15) is 0 Å². The summed E-state index contributed by atoms with van der Waals surface area (Å²) in [4.78, 5) is 5.86. The van der Waals surface area contributed by atoms with Gasteiger partial charge in [0.25, 0.3) is 0 Å². The first-order valence-electron chi connectivity index (χ1n) is 6.35. The minimum Gasteiger partial charge on any atom is -0.358 e. The zero-order valence-corrected chi connectivity index (χ0v) is 11.5. The van der Waals surface area contributed by atoms with Crippen LogP contribution in [-0.4, -0.2) is 36.6 Å². The Morgan fingerprint density at radius 2 is 2.22 bits per heavy atom. The average molecular weight is 264 g/mol. The van der Waals surface area contributed by atoms with Crippen LogP contribution in [0.25, 0.3) is 10.9 Å². The van der Waals surface area contributed by atoms with Crippen LogP contribution in [0.2, 0.25) is 5.02 Å². The van der Waals surface area contributed by atoms with E-state index in [9.17, 15) is 0 Å². The topological polar surface area (TPSA) is 31.1 Å². The van der Waals surface area contributed by atoms with E-state index >= 15 is 0 Å². The molecule has 2 heterocycles. The van der Waals surface area contributed by atoms with Crippen LogP contribution >= 0.6 is 11.6 Å². The van der Waals surface area contributed by atoms with E-state index in [0.717, 1.165) is 30.2 Å². The monoisotopic (exact) mass is 263 g/mol. The Kier molecular flexibility index (Phi) is 3.06. The molecule has 2 aromatic rings. The molecule has 0 spiro atoms. The number of benzene rings is 1. The Morgan fingerprint density at radius 3 is 3.00 bits per heavy atom. The lowest BCUT2D eigenvalue weighted by Crippen LogP contribution is -2.43. The van der Waals surface area contributed by atoms with Crippen LogP contribution in [0.3, 0.4) is 0 Å². The molecule has 1 aliphatic rings. The minimum atomic E-state index is 0.439. The molecule has 4 heteroatoms. The van der Waals surface area contributed by atoms with Gasteiger partial charge in [0, 0.05) is 47.3 Å². The second-order valence-electron chi connectivity index (χ2n) is 5.05. The summed E-state index contributed by atoms with van der Waals surface area (Å²) in [5.74, 6) is 0. The highest BCUT2D eigenvalue weighted by Crippen LogP contribution is 2.32. The molecule has 96 valence electrons. The van der Waals surface area contributed by atoms with Gasteiger partial charge in [-0.15, -0.1) is 0 Å². The lowest BCUT2D eigenvalue weighted by molar-refractivity contribution is 0.203. The largest absolute Gasteiger partial charge is 0.358 e.